The predicted octanol–water partition coefficient (Wildman–Crippen LogP) is 4.69. The molecule has 0 atom stereocenters. The summed E-state index contributed by atoms with van der Waals surface area (Å²) in [7, 11) is 0. The van der Waals surface area contributed by atoms with Gasteiger partial charge in [0.2, 0.25) is 5.78 Å². The van der Waals surface area contributed by atoms with Crippen molar-refractivity contribution in [1.82, 2.24) is 4.98 Å². The molecule has 0 spiro atoms. The first-order valence-corrected chi connectivity index (χ1v) is 12.2. The Balaban J connectivity index is 0.000000501. The van der Waals surface area contributed by atoms with Gasteiger partial charge in [-0.3, -0.25) is 9.93 Å². The normalized spacial score (nSPS) is 14.3. The van der Waals surface area contributed by atoms with Crippen LogP contribution < -0.4 is 21.9 Å². The fraction of sp³-hybridized carbons (Fsp3) is 0.524. The van der Waals surface area contributed by atoms with Gasteiger partial charge in [0.25, 0.3) is 0 Å². The molecule has 1 aromatic heterocycles. The molecule has 1 heterocycles. The molecule has 1 aliphatic carbocycles. The lowest BCUT2D eigenvalue weighted by Gasteiger charge is -2.22. The Labute approximate surface area is 190 Å². The highest BCUT2D eigenvalue weighted by Crippen LogP contribution is 2.31. The molecule has 10 heteroatoms. The molecule has 1 aromatic carbocycles. The van der Waals surface area contributed by atoms with Gasteiger partial charge in [0.15, 0.2) is 5.13 Å². The molecule has 0 unspecified atom stereocenters. The summed E-state index contributed by atoms with van der Waals surface area (Å²) in [5.74, 6) is -0.902. The molecule has 6 nitrogen and oxygen atoms in total. The number of aromatic nitrogens is 1. The second-order valence-electron chi connectivity index (χ2n) is 7.91. The fourth-order valence-electron chi connectivity index (χ4n) is 3.24. The molecule has 0 amide bonds. The van der Waals surface area contributed by atoms with Crippen LogP contribution >= 0.6 is 23.3 Å². The number of nitrogens with zero attached hydrogens (tertiary/aromatic N) is 1. The van der Waals surface area contributed by atoms with Gasteiger partial charge < -0.3 is 16.8 Å². The number of carbonyl (C=O) groups is 1. The molecule has 1 saturated carbocycles. The summed E-state index contributed by atoms with van der Waals surface area (Å²) in [5.41, 5.74) is 10.9. The van der Waals surface area contributed by atoms with E-state index in [2.05, 4.69) is 24.1 Å². The van der Waals surface area contributed by atoms with Crippen LogP contribution in [0.25, 0.3) is 0 Å². The summed E-state index contributed by atoms with van der Waals surface area (Å²) >= 11 is 2.44. The van der Waals surface area contributed by atoms with Crippen molar-refractivity contribution in [3.8, 4) is 0 Å². The van der Waals surface area contributed by atoms with E-state index < -0.39 is 23.0 Å². The van der Waals surface area contributed by atoms with Gasteiger partial charge in [0.05, 0.1) is 5.56 Å². The third-order valence-corrected chi connectivity index (χ3v) is 6.65. The first-order valence-electron chi connectivity index (χ1n) is 10.3. The maximum absolute atomic E-state index is 14.2. The lowest BCUT2D eigenvalue weighted by Crippen LogP contribution is -2.22. The van der Waals surface area contributed by atoms with Crippen molar-refractivity contribution in [1.29, 1.82) is 0 Å². The third-order valence-electron chi connectivity index (χ3n) is 4.79. The first-order chi connectivity index (χ1) is 14.8. The van der Waals surface area contributed by atoms with E-state index in [9.17, 15) is 13.6 Å². The number of carbonyl (C=O) groups excluding carboxylic acids is 1. The topological polar surface area (TPSA) is 120 Å². The molecule has 0 radical (unpaired) electrons. The van der Waals surface area contributed by atoms with E-state index in [-0.39, 0.29) is 22.8 Å². The highest BCUT2D eigenvalue weighted by atomic mass is 32.2. The number of nitrogen functional groups attached to an aromatic ring is 1. The van der Waals surface area contributed by atoms with E-state index in [1.807, 2.05) is 0 Å². The third kappa shape index (κ3) is 7.41. The molecule has 1 aliphatic rings. The number of thiazole rings is 1. The molecule has 31 heavy (non-hydrogen) atoms. The Morgan fingerprint density at radius 1 is 1.26 bits per heavy atom. The molecular weight excluding hydrogens is 440 g/mol. The van der Waals surface area contributed by atoms with Crippen LogP contribution in [0.5, 0.6) is 0 Å². The Kier molecular flexibility index (Phi) is 10.1. The molecule has 0 bridgehead atoms. The number of nitrogens with two attached hydrogens (primary N) is 3. The predicted molar refractivity (Wildman–Crippen MR) is 126 cm³/mol. The molecule has 172 valence electrons. The van der Waals surface area contributed by atoms with Gasteiger partial charge in [0, 0.05) is 18.3 Å². The summed E-state index contributed by atoms with van der Waals surface area (Å²) in [5, 5.41) is 8.92. The number of hydrogen-bond donors (Lipinski definition) is 4. The van der Waals surface area contributed by atoms with E-state index in [0.717, 1.165) is 60.8 Å². The van der Waals surface area contributed by atoms with E-state index in [1.54, 1.807) is 0 Å². The maximum atomic E-state index is 14.2. The zero-order valence-corrected chi connectivity index (χ0v) is 19.6. The smallest absolute Gasteiger partial charge is 0.212 e. The fourth-order valence-corrected chi connectivity index (χ4v) is 4.54. The van der Waals surface area contributed by atoms with Crippen LogP contribution in [0, 0.1) is 17.6 Å². The standard InChI is InChI=1S/C17H20F2N4OS.C4H11NS/c18-11-6-9(8-20)7-12(19)13(11)14(24)15-16(21)23-17(25-15)22-10-4-2-1-3-5-10;1-4(2)3-6-5/h6-7,10H,1-5,8,20-21H2,(H,22,23);4H,3,5H2,1-2H3. The number of hydrogen-bond acceptors (Lipinski definition) is 8. The number of rotatable bonds is 7. The zero-order valence-electron chi connectivity index (χ0n) is 17.9. The second-order valence-corrected chi connectivity index (χ2v) is 9.57. The lowest BCUT2D eigenvalue weighted by molar-refractivity contribution is 0.103. The number of benzene rings is 1. The average Bonchev–Trinajstić information content (AvgIpc) is 3.08. The van der Waals surface area contributed by atoms with Gasteiger partial charge in [-0.2, -0.15) is 0 Å². The summed E-state index contributed by atoms with van der Waals surface area (Å²) in [6.07, 6.45) is 5.58. The molecule has 1 fully saturated rings. The van der Waals surface area contributed by atoms with Crippen LogP contribution in [0.15, 0.2) is 12.1 Å². The molecule has 7 N–H and O–H groups in total. The van der Waals surface area contributed by atoms with E-state index in [4.69, 9.17) is 16.6 Å². The Bertz CT molecular complexity index is 846. The highest BCUT2D eigenvalue weighted by Gasteiger charge is 2.25. The molecule has 0 aliphatic heterocycles. The van der Waals surface area contributed by atoms with Gasteiger partial charge in [-0.05, 0) is 36.5 Å². The minimum atomic E-state index is -0.944. The summed E-state index contributed by atoms with van der Waals surface area (Å²) in [4.78, 5) is 16.7. The van der Waals surface area contributed by atoms with Crippen LogP contribution in [0.4, 0.5) is 19.7 Å². The first kappa shape index (κ1) is 25.5. The van der Waals surface area contributed by atoms with Crippen molar-refractivity contribution in [3.05, 3.63) is 39.8 Å². The van der Waals surface area contributed by atoms with Crippen LogP contribution in [0.3, 0.4) is 0 Å². The quantitative estimate of drug-likeness (QED) is 0.342. The van der Waals surface area contributed by atoms with Crippen molar-refractivity contribution in [2.24, 2.45) is 16.8 Å². The molecule has 3 rings (SSSR count). The van der Waals surface area contributed by atoms with Crippen LogP contribution in [0.1, 0.15) is 66.8 Å². The van der Waals surface area contributed by atoms with Crippen molar-refractivity contribution in [2.75, 3.05) is 16.8 Å². The number of halogens is 2. The van der Waals surface area contributed by atoms with Crippen LogP contribution in [0.2, 0.25) is 0 Å². The van der Waals surface area contributed by atoms with Gasteiger partial charge >= 0.3 is 0 Å². The number of anilines is 2. The summed E-state index contributed by atoms with van der Waals surface area (Å²) in [6.45, 7) is 4.29. The van der Waals surface area contributed by atoms with E-state index in [1.165, 1.54) is 18.4 Å². The van der Waals surface area contributed by atoms with Crippen LogP contribution in [-0.4, -0.2) is 22.6 Å². The minimum Gasteiger partial charge on any atom is -0.382 e. The molecule has 2 aromatic rings. The van der Waals surface area contributed by atoms with Crippen molar-refractivity contribution < 1.29 is 13.6 Å². The maximum Gasteiger partial charge on any atom is 0.212 e. The zero-order chi connectivity index (χ0) is 23.0. The number of nitrogens with one attached hydrogen (secondary N) is 1. The van der Waals surface area contributed by atoms with Crippen molar-refractivity contribution in [3.63, 3.8) is 0 Å². The lowest BCUT2D eigenvalue weighted by atomic mass is 9.96. The van der Waals surface area contributed by atoms with Gasteiger partial charge in [0.1, 0.15) is 22.3 Å². The highest BCUT2D eigenvalue weighted by molar-refractivity contribution is 7.97. The summed E-state index contributed by atoms with van der Waals surface area (Å²) < 4.78 is 28.3. The largest absolute Gasteiger partial charge is 0.382 e. The van der Waals surface area contributed by atoms with E-state index in [0.29, 0.717) is 11.2 Å². The van der Waals surface area contributed by atoms with Crippen molar-refractivity contribution in [2.45, 2.75) is 58.5 Å². The van der Waals surface area contributed by atoms with E-state index >= 15 is 0 Å². The molecular formula is C21H31F2N5OS2. The SMILES string of the molecule is CC(C)CSN.NCc1cc(F)c(C(=O)c2sc(NC3CCCCC3)nc2N)c(F)c1. The Morgan fingerprint density at radius 2 is 1.87 bits per heavy atom. The Morgan fingerprint density at radius 3 is 2.35 bits per heavy atom. The van der Waals surface area contributed by atoms with Crippen molar-refractivity contribution >= 4 is 40.0 Å². The minimum absolute atomic E-state index is 0.0134. The van der Waals surface area contributed by atoms with Crippen LogP contribution in [-0.2, 0) is 6.54 Å². The van der Waals surface area contributed by atoms with Gasteiger partial charge in [-0.1, -0.05) is 56.4 Å². The summed E-state index contributed by atoms with van der Waals surface area (Å²) in [6, 6.07) is 2.42. The second kappa shape index (κ2) is 12.3. The molecule has 0 saturated heterocycles. The van der Waals surface area contributed by atoms with Gasteiger partial charge in [-0.25, -0.2) is 13.8 Å². The monoisotopic (exact) mass is 471 g/mol. The average molecular weight is 472 g/mol. The van der Waals surface area contributed by atoms with Gasteiger partial charge in [-0.15, -0.1) is 0 Å². The number of ketones is 1. The Hall–Kier alpha value is -1.75.